The lowest BCUT2D eigenvalue weighted by atomic mass is 10.2. The summed E-state index contributed by atoms with van der Waals surface area (Å²) in [6.07, 6.45) is 3.11. The number of carbonyl (C=O) groups excluding carboxylic acids is 1. The van der Waals surface area contributed by atoms with E-state index in [9.17, 15) is 9.90 Å². The molecule has 0 aromatic carbocycles. The number of nitrogens with zero attached hydrogens (tertiary/aromatic N) is 1. The lowest BCUT2D eigenvalue weighted by Crippen LogP contribution is -1.95. The molecule has 12 heavy (non-hydrogen) atoms. The highest BCUT2D eigenvalue weighted by Gasteiger charge is 1.99. The van der Waals surface area contributed by atoms with Gasteiger partial charge < -0.3 is 0 Å². The van der Waals surface area contributed by atoms with Crippen molar-refractivity contribution in [3.63, 3.8) is 0 Å². The fraction of sp³-hybridized carbons (Fsp3) is 0.333. The van der Waals surface area contributed by atoms with Crippen LogP contribution in [0.1, 0.15) is 18.5 Å². The molecule has 0 saturated carbocycles. The zero-order chi connectivity index (χ0) is 8.81. The van der Waals surface area contributed by atoms with Crippen LogP contribution in [0.25, 0.3) is 0 Å². The van der Waals surface area contributed by atoms with Crippen molar-refractivity contribution in [3.05, 3.63) is 30.1 Å². The molecule has 1 radical (unpaired) electrons. The molecule has 1 heterocycles. The Labute approximate surface area is 71.1 Å². The number of hydrogen-bond donors (Lipinski definition) is 0. The number of aromatic nitrogens is 1. The van der Waals surface area contributed by atoms with Gasteiger partial charge in [-0.15, -0.1) is 0 Å². The van der Waals surface area contributed by atoms with E-state index in [0.717, 1.165) is 5.69 Å². The van der Waals surface area contributed by atoms with E-state index in [1.54, 1.807) is 6.20 Å². The molecular formula is C9H10NO2. The van der Waals surface area contributed by atoms with Crippen molar-refractivity contribution >= 4 is 5.97 Å². The minimum absolute atomic E-state index is 0.108. The first-order valence-electron chi connectivity index (χ1n) is 3.89. The molecule has 0 fully saturated rings. The molecule has 63 valence electrons. The summed E-state index contributed by atoms with van der Waals surface area (Å²) in [4.78, 5) is 14.1. The normalized spacial score (nSPS) is 9.67. The molecule has 0 aliphatic rings. The number of pyridine rings is 1. The highest BCUT2D eigenvalue weighted by molar-refractivity contribution is 5.66. The van der Waals surface area contributed by atoms with Crippen LogP contribution in [-0.4, -0.2) is 11.0 Å². The van der Waals surface area contributed by atoms with Crippen molar-refractivity contribution in [1.29, 1.82) is 0 Å². The van der Waals surface area contributed by atoms with Gasteiger partial charge >= 0.3 is 5.97 Å². The monoisotopic (exact) mass is 164 g/mol. The Morgan fingerprint density at radius 1 is 1.42 bits per heavy atom. The van der Waals surface area contributed by atoms with Crippen LogP contribution in [0.5, 0.6) is 0 Å². The molecule has 3 heteroatoms. The maximum Gasteiger partial charge on any atom is 0.355 e. The maximum absolute atomic E-state index is 10.1. The zero-order valence-corrected chi connectivity index (χ0v) is 6.69. The van der Waals surface area contributed by atoms with Gasteiger partial charge in [-0.1, -0.05) is 6.07 Å². The number of carbonyl (C=O) groups is 1. The molecule has 1 aromatic rings. The van der Waals surface area contributed by atoms with E-state index in [1.807, 2.05) is 18.2 Å². The third-order valence-corrected chi connectivity index (χ3v) is 1.54. The molecule has 0 saturated heterocycles. The second-order valence-corrected chi connectivity index (χ2v) is 2.55. The van der Waals surface area contributed by atoms with Crippen molar-refractivity contribution in [2.24, 2.45) is 0 Å². The van der Waals surface area contributed by atoms with Crippen molar-refractivity contribution in [2.75, 3.05) is 0 Å². The molecule has 0 aliphatic carbocycles. The molecular weight excluding hydrogens is 154 g/mol. The number of aryl methyl sites for hydroxylation is 1. The Kier molecular flexibility index (Phi) is 3.26. The quantitative estimate of drug-likeness (QED) is 0.674. The minimum Gasteiger partial charge on any atom is -0.261 e. The van der Waals surface area contributed by atoms with E-state index in [1.165, 1.54) is 0 Å². The van der Waals surface area contributed by atoms with E-state index in [-0.39, 0.29) is 6.42 Å². The average Bonchev–Trinajstić information content (AvgIpc) is 2.05. The third-order valence-electron chi connectivity index (χ3n) is 1.54. The lowest BCUT2D eigenvalue weighted by Gasteiger charge is -1.95. The van der Waals surface area contributed by atoms with Crippen LogP contribution in [0, 0.1) is 0 Å². The highest BCUT2D eigenvalue weighted by Crippen LogP contribution is 2.00. The zero-order valence-electron chi connectivity index (χ0n) is 6.69. The summed E-state index contributed by atoms with van der Waals surface area (Å²) >= 11 is 0. The van der Waals surface area contributed by atoms with Gasteiger partial charge in [-0.05, 0) is 25.0 Å². The predicted octanol–water partition coefficient (Wildman–Crippen LogP) is 1.36. The van der Waals surface area contributed by atoms with E-state index in [0.29, 0.717) is 12.8 Å². The standard InChI is InChI=1S/C9H10NO2/c11-9(12)6-3-5-8-4-1-2-7-10-8/h1-2,4,7H,3,5-6H2. The Bertz CT molecular complexity index is 246. The molecule has 0 N–H and O–H groups in total. The summed E-state index contributed by atoms with van der Waals surface area (Å²) in [5, 5.41) is 10.1. The molecule has 3 nitrogen and oxygen atoms in total. The molecule has 0 unspecified atom stereocenters. The highest BCUT2D eigenvalue weighted by atomic mass is 16.4. The van der Waals surface area contributed by atoms with Gasteiger partial charge in [0.25, 0.3) is 0 Å². The maximum atomic E-state index is 10.1. The Morgan fingerprint density at radius 3 is 2.83 bits per heavy atom. The molecule has 0 amide bonds. The van der Waals surface area contributed by atoms with Gasteiger partial charge in [-0.25, -0.2) is 9.90 Å². The molecule has 1 aromatic heterocycles. The summed E-state index contributed by atoms with van der Waals surface area (Å²) in [5.74, 6) is -0.995. The van der Waals surface area contributed by atoms with Crippen LogP contribution in [0.4, 0.5) is 0 Å². The molecule has 0 atom stereocenters. The summed E-state index contributed by atoms with van der Waals surface area (Å²) in [7, 11) is 0. The first-order chi connectivity index (χ1) is 5.79. The predicted molar refractivity (Wildman–Crippen MR) is 42.9 cm³/mol. The largest absolute Gasteiger partial charge is 0.355 e. The van der Waals surface area contributed by atoms with Gasteiger partial charge in [0.1, 0.15) is 0 Å². The van der Waals surface area contributed by atoms with Crippen LogP contribution in [0.2, 0.25) is 0 Å². The smallest absolute Gasteiger partial charge is 0.261 e. The second-order valence-electron chi connectivity index (χ2n) is 2.55. The topological polar surface area (TPSA) is 49.9 Å². The van der Waals surface area contributed by atoms with E-state index < -0.39 is 5.97 Å². The summed E-state index contributed by atoms with van der Waals surface area (Å²) < 4.78 is 0. The van der Waals surface area contributed by atoms with Crippen LogP contribution < -0.4 is 0 Å². The van der Waals surface area contributed by atoms with Crippen molar-refractivity contribution in [3.8, 4) is 0 Å². The van der Waals surface area contributed by atoms with E-state index >= 15 is 0 Å². The van der Waals surface area contributed by atoms with Gasteiger partial charge in [0.2, 0.25) is 0 Å². The fourth-order valence-corrected chi connectivity index (χ4v) is 0.960. The van der Waals surface area contributed by atoms with Crippen molar-refractivity contribution in [1.82, 2.24) is 4.98 Å². The van der Waals surface area contributed by atoms with E-state index in [2.05, 4.69) is 4.98 Å². The first kappa shape index (κ1) is 8.71. The minimum atomic E-state index is -0.995. The molecule has 0 aliphatic heterocycles. The number of hydrogen-bond acceptors (Lipinski definition) is 2. The first-order valence-corrected chi connectivity index (χ1v) is 3.89. The Balaban J connectivity index is 2.29. The van der Waals surface area contributed by atoms with E-state index in [4.69, 9.17) is 0 Å². The SMILES string of the molecule is [O]C(=O)CCCc1ccccn1. The van der Waals surface area contributed by atoms with Gasteiger partial charge in [-0.3, -0.25) is 4.98 Å². The molecule has 0 spiro atoms. The fourth-order valence-electron chi connectivity index (χ4n) is 0.960. The number of rotatable bonds is 4. The lowest BCUT2D eigenvalue weighted by molar-refractivity contribution is -0.143. The second kappa shape index (κ2) is 4.49. The molecule has 1 rings (SSSR count). The summed E-state index contributed by atoms with van der Waals surface area (Å²) in [5.41, 5.74) is 0.929. The van der Waals surface area contributed by atoms with Gasteiger partial charge in [0.05, 0.1) is 6.42 Å². The summed E-state index contributed by atoms with van der Waals surface area (Å²) in [6, 6.07) is 5.61. The van der Waals surface area contributed by atoms with Crippen LogP contribution in [-0.2, 0) is 16.3 Å². The van der Waals surface area contributed by atoms with Gasteiger partial charge in [0, 0.05) is 11.9 Å². The summed E-state index contributed by atoms with van der Waals surface area (Å²) in [6.45, 7) is 0. The van der Waals surface area contributed by atoms with Gasteiger partial charge in [0.15, 0.2) is 0 Å². The Hall–Kier alpha value is -1.38. The van der Waals surface area contributed by atoms with Crippen LogP contribution in [0.3, 0.4) is 0 Å². The Morgan fingerprint density at radius 2 is 2.25 bits per heavy atom. The van der Waals surface area contributed by atoms with Gasteiger partial charge in [-0.2, -0.15) is 0 Å². The average molecular weight is 164 g/mol. The van der Waals surface area contributed by atoms with Crippen molar-refractivity contribution in [2.45, 2.75) is 19.3 Å². The van der Waals surface area contributed by atoms with Crippen LogP contribution >= 0.6 is 0 Å². The molecule has 0 bridgehead atoms. The van der Waals surface area contributed by atoms with Crippen LogP contribution in [0.15, 0.2) is 24.4 Å². The third kappa shape index (κ3) is 3.14. The van der Waals surface area contributed by atoms with Crippen molar-refractivity contribution < 1.29 is 9.90 Å².